The summed E-state index contributed by atoms with van der Waals surface area (Å²) in [6.45, 7) is 5.57. The first-order valence-electron chi connectivity index (χ1n) is 8.67. The monoisotopic (exact) mass is 350 g/mol. The van der Waals surface area contributed by atoms with Crippen LogP contribution in [0.15, 0.2) is 23.1 Å². The molecule has 2 aliphatic heterocycles. The normalized spacial score (nSPS) is 22.2. The minimum atomic E-state index is -3.44. The van der Waals surface area contributed by atoms with Crippen LogP contribution in [0.2, 0.25) is 0 Å². The van der Waals surface area contributed by atoms with E-state index in [9.17, 15) is 13.2 Å². The van der Waals surface area contributed by atoms with Crippen molar-refractivity contribution >= 4 is 15.9 Å². The van der Waals surface area contributed by atoms with E-state index in [1.807, 2.05) is 26.0 Å². The van der Waals surface area contributed by atoms with Gasteiger partial charge in [0.15, 0.2) is 0 Å². The van der Waals surface area contributed by atoms with E-state index in [0.29, 0.717) is 31.0 Å². The van der Waals surface area contributed by atoms with Crippen molar-refractivity contribution in [3.63, 3.8) is 0 Å². The molecule has 2 aliphatic rings. The molecule has 24 heavy (non-hydrogen) atoms. The molecule has 1 aromatic carbocycles. The fourth-order valence-electron chi connectivity index (χ4n) is 3.88. The third-order valence-electron chi connectivity index (χ3n) is 5.60. The lowest BCUT2D eigenvalue weighted by molar-refractivity contribution is -0.120. The fourth-order valence-corrected chi connectivity index (χ4v) is 5.64. The van der Waals surface area contributed by atoms with Crippen LogP contribution in [0.1, 0.15) is 43.2 Å². The van der Waals surface area contributed by atoms with E-state index in [0.717, 1.165) is 36.8 Å². The molecule has 132 valence electrons. The molecule has 0 bridgehead atoms. The van der Waals surface area contributed by atoms with Crippen LogP contribution in [0, 0.1) is 19.3 Å². The predicted molar refractivity (Wildman–Crippen MR) is 93.2 cm³/mol. The van der Waals surface area contributed by atoms with Crippen molar-refractivity contribution in [1.82, 2.24) is 9.62 Å². The number of rotatable bonds is 2. The van der Waals surface area contributed by atoms with Gasteiger partial charge in [-0.25, -0.2) is 8.42 Å². The Morgan fingerprint density at radius 3 is 2.50 bits per heavy atom. The Morgan fingerprint density at radius 1 is 1.08 bits per heavy atom. The van der Waals surface area contributed by atoms with Gasteiger partial charge in [0, 0.05) is 26.1 Å². The van der Waals surface area contributed by atoms with Crippen LogP contribution in [0.4, 0.5) is 0 Å². The highest BCUT2D eigenvalue weighted by atomic mass is 32.2. The van der Waals surface area contributed by atoms with Crippen LogP contribution in [-0.4, -0.2) is 38.3 Å². The summed E-state index contributed by atoms with van der Waals surface area (Å²) in [6.07, 6.45) is 4.06. The third kappa shape index (κ3) is 3.35. The van der Waals surface area contributed by atoms with E-state index in [2.05, 4.69) is 5.32 Å². The second kappa shape index (κ2) is 6.48. The molecule has 0 aliphatic carbocycles. The van der Waals surface area contributed by atoms with Crippen molar-refractivity contribution in [2.75, 3.05) is 19.6 Å². The summed E-state index contributed by atoms with van der Waals surface area (Å²) >= 11 is 0. The number of piperidine rings is 1. The molecule has 2 saturated heterocycles. The quantitative estimate of drug-likeness (QED) is 0.890. The van der Waals surface area contributed by atoms with Crippen molar-refractivity contribution in [2.45, 2.75) is 50.8 Å². The lowest BCUT2D eigenvalue weighted by Gasteiger charge is -2.40. The van der Waals surface area contributed by atoms with E-state index in [1.54, 1.807) is 10.4 Å². The average Bonchev–Trinajstić information content (AvgIpc) is 2.72. The molecule has 0 aromatic heterocycles. The van der Waals surface area contributed by atoms with E-state index in [-0.39, 0.29) is 11.3 Å². The smallest absolute Gasteiger partial charge is 0.243 e. The number of nitrogens with one attached hydrogen (secondary N) is 1. The van der Waals surface area contributed by atoms with Crippen molar-refractivity contribution in [2.24, 2.45) is 5.41 Å². The largest absolute Gasteiger partial charge is 0.356 e. The number of amides is 1. The summed E-state index contributed by atoms with van der Waals surface area (Å²) < 4.78 is 27.6. The zero-order valence-corrected chi connectivity index (χ0v) is 15.3. The van der Waals surface area contributed by atoms with Gasteiger partial charge >= 0.3 is 0 Å². The molecule has 6 heteroatoms. The minimum absolute atomic E-state index is 0.118. The van der Waals surface area contributed by atoms with Crippen LogP contribution in [0.5, 0.6) is 0 Å². The molecule has 0 radical (unpaired) electrons. The van der Waals surface area contributed by atoms with Gasteiger partial charge in [-0.1, -0.05) is 12.1 Å². The fraction of sp³-hybridized carbons (Fsp3) is 0.611. The van der Waals surface area contributed by atoms with Crippen molar-refractivity contribution in [3.05, 3.63) is 29.3 Å². The Hall–Kier alpha value is -1.40. The number of aryl methyl sites for hydroxylation is 2. The Bertz CT molecular complexity index is 735. The molecule has 0 saturated carbocycles. The van der Waals surface area contributed by atoms with Gasteiger partial charge in [-0.05, 0) is 62.1 Å². The van der Waals surface area contributed by atoms with E-state index in [4.69, 9.17) is 0 Å². The van der Waals surface area contributed by atoms with E-state index in [1.165, 1.54) is 0 Å². The number of carbonyl (C=O) groups is 1. The number of nitrogens with zero attached hydrogens (tertiary/aromatic N) is 1. The lowest BCUT2D eigenvalue weighted by Crippen LogP contribution is -2.43. The molecule has 5 nitrogen and oxygen atoms in total. The summed E-state index contributed by atoms with van der Waals surface area (Å²) in [5.74, 6) is 0.123. The predicted octanol–water partition coefficient (Wildman–Crippen LogP) is 2.37. The molecule has 1 spiro atoms. The molecule has 2 fully saturated rings. The summed E-state index contributed by atoms with van der Waals surface area (Å²) in [7, 11) is -3.44. The highest BCUT2D eigenvalue weighted by Gasteiger charge is 2.39. The molecule has 1 N–H and O–H groups in total. The zero-order chi connectivity index (χ0) is 17.4. The average molecular weight is 350 g/mol. The van der Waals surface area contributed by atoms with Gasteiger partial charge in [-0.3, -0.25) is 4.79 Å². The number of hydrogen-bond donors (Lipinski definition) is 1. The van der Waals surface area contributed by atoms with Gasteiger partial charge in [0.25, 0.3) is 0 Å². The van der Waals surface area contributed by atoms with Gasteiger partial charge < -0.3 is 5.32 Å². The van der Waals surface area contributed by atoms with E-state index >= 15 is 0 Å². The second-order valence-electron chi connectivity index (χ2n) is 7.27. The molecule has 1 amide bonds. The minimum Gasteiger partial charge on any atom is -0.356 e. The van der Waals surface area contributed by atoms with Gasteiger partial charge in [0.05, 0.1) is 4.90 Å². The standard InChI is InChI=1S/C18H26N2O3S/c1-14-3-4-15(2)16(13-14)24(22,23)20-11-8-18(9-12-20)6-5-17(21)19-10-7-18/h3-4,13H,5-12H2,1-2H3,(H,19,21). The summed E-state index contributed by atoms with van der Waals surface area (Å²) in [5, 5.41) is 2.93. The first-order valence-corrected chi connectivity index (χ1v) is 10.1. The summed E-state index contributed by atoms with van der Waals surface area (Å²) in [4.78, 5) is 12.0. The maximum atomic E-state index is 13.0. The topological polar surface area (TPSA) is 66.5 Å². The van der Waals surface area contributed by atoms with Crippen LogP contribution in [-0.2, 0) is 14.8 Å². The highest BCUT2D eigenvalue weighted by molar-refractivity contribution is 7.89. The number of benzene rings is 1. The van der Waals surface area contributed by atoms with Crippen molar-refractivity contribution in [1.29, 1.82) is 0 Å². The maximum Gasteiger partial charge on any atom is 0.243 e. The van der Waals surface area contributed by atoms with Crippen LogP contribution < -0.4 is 5.32 Å². The molecule has 3 rings (SSSR count). The Kier molecular flexibility index (Phi) is 4.71. The van der Waals surface area contributed by atoms with E-state index < -0.39 is 10.0 Å². The highest BCUT2D eigenvalue weighted by Crippen LogP contribution is 2.41. The lowest BCUT2D eigenvalue weighted by atomic mass is 9.73. The number of carbonyl (C=O) groups excluding carboxylic acids is 1. The maximum absolute atomic E-state index is 13.0. The van der Waals surface area contributed by atoms with Crippen molar-refractivity contribution in [3.8, 4) is 0 Å². The first kappa shape index (κ1) is 17.4. The van der Waals surface area contributed by atoms with Gasteiger partial charge in [0.1, 0.15) is 0 Å². The SMILES string of the molecule is Cc1ccc(C)c(S(=O)(=O)N2CCC3(CCNC(=O)CC3)CC2)c1. The zero-order valence-electron chi connectivity index (χ0n) is 14.5. The molecular formula is C18H26N2O3S. The molecule has 0 unspecified atom stereocenters. The Labute approximate surface area is 144 Å². The van der Waals surface area contributed by atoms with Crippen LogP contribution in [0.3, 0.4) is 0 Å². The van der Waals surface area contributed by atoms with Crippen LogP contribution >= 0.6 is 0 Å². The molecular weight excluding hydrogens is 324 g/mol. The summed E-state index contributed by atoms with van der Waals surface area (Å²) in [5.41, 5.74) is 1.87. The van der Waals surface area contributed by atoms with Gasteiger partial charge in [-0.2, -0.15) is 4.31 Å². The van der Waals surface area contributed by atoms with Gasteiger partial charge in [0.2, 0.25) is 15.9 Å². The Balaban J connectivity index is 1.76. The first-order chi connectivity index (χ1) is 11.3. The van der Waals surface area contributed by atoms with Crippen molar-refractivity contribution < 1.29 is 13.2 Å². The molecule has 2 heterocycles. The second-order valence-corrected chi connectivity index (χ2v) is 9.18. The number of hydrogen-bond acceptors (Lipinski definition) is 3. The van der Waals surface area contributed by atoms with Crippen LogP contribution in [0.25, 0.3) is 0 Å². The third-order valence-corrected chi connectivity index (χ3v) is 7.65. The number of sulfonamides is 1. The molecule has 0 atom stereocenters. The summed E-state index contributed by atoms with van der Waals surface area (Å²) in [6, 6.07) is 5.58. The Morgan fingerprint density at radius 2 is 1.79 bits per heavy atom. The van der Waals surface area contributed by atoms with Gasteiger partial charge in [-0.15, -0.1) is 0 Å². The molecule has 1 aromatic rings.